The van der Waals surface area contributed by atoms with Gasteiger partial charge in [-0.25, -0.2) is 4.79 Å². The maximum atomic E-state index is 12.0. The summed E-state index contributed by atoms with van der Waals surface area (Å²) >= 11 is 1.18. The van der Waals surface area contributed by atoms with Gasteiger partial charge in [-0.2, -0.15) is 0 Å². The summed E-state index contributed by atoms with van der Waals surface area (Å²) in [4.78, 5) is 35.3. The zero-order chi connectivity index (χ0) is 15.1. The molecule has 0 spiro atoms. The van der Waals surface area contributed by atoms with Crippen LogP contribution in [0.25, 0.3) is 0 Å². The summed E-state index contributed by atoms with van der Waals surface area (Å²) in [5.41, 5.74) is 0. The summed E-state index contributed by atoms with van der Waals surface area (Å²) in [6.07, 6.45) is 3.37. The minimum absolute atomic E-state index is 0.0199. The quantitative estimate of drug-likeness (QED) is 0.710. The second-order valence-corrected chi connectivity index (χ2v) is 6.34. The van der Waals surface area contributed by atoms with Crippen molar-refractivity contribution in [1.29, 1.82) is 0 Å². The van der Waals surface area contributed by atoms with Gasteiger partial charge in [0, 0.05) is 25.8 Å². The first-order valence-corrected chi connectivity index (χ1v) is 7.80. The van der Waals surface area contributed by atoms with E-state index < -0.39 is 12.0 Å². The fraction of sp³-hybridized carbons (Fsp3) is 0.769. The van der Waals surface area contributed by atoms with Gasteiger partial charge in [-0.05, 0) is 19.3 Å². The van der Waals surface area contributed by atoms with Crippen LogP contribution in [0, 0.1) is 5.92 Å². The molecule has 1 saturated carbocycles. The van der Waals surface area contributed by atoms with E-state index in [1.165, 1.54) is 38.5 Å². The number of aliphatic carboxylic acids is 1. The molecule has 20 heavy (non-hydrogen) atoms. The number of carboxylic acids is 1. The normalized spacial score (nSPS) is 15.5. The van der Waals surface area contributed by atoms with Crippen LogP contribution in [0.4, 0.5) is 4.79 Å². The van der Waals surface area contributed by atoms with Crippen LogP contribution in [0.2, 0.25) is 0 Å². The van der Waals surface area contributed by atoms with E-state index in [0.717, 1.165) is 6.42 Å². The van der Waals surface area contributed by atoms with Crippen LogP contribution < -0.4 is 5.32 Å². The van der Waals surface area contributed by atoms with Crippen molar-refractivity contribution in [2.24, 2.45) is 5.92 Å². The third-order valence-corrected chi connectivity index (χ3v) is 3.96. The minimum atomic E-state index is -1.06. The summed E-state index contributed by atoms with van der Waals surface area (Å²) in [5, 5.41) is 11.3. The van der Waals surface area contributed by atoms with Crippen molar-refractivity contribution in [1.82, 2.24) is 10.2 Å². The highest BCUT2D eigenvalue weighted by molar-refractivity contribution is 8.13. The van der Waals surface area contributed by atoms with Gasteiger partial charge in [0.15, 0.2) is 5.12 Å². The van der Waals surface area contributed by atoms with Gasteiger partial charge in [-0.15, -0.1) is 0 Å². The number of urea groups is 1. The van der Waals surface area contributed by atoms with Crippen LogP contribution >= 0.6 is 11.8 Å². The van der Waals surface area contributed by atoms with Gasteiger partial charge in [-0.1, -0.05) is 24.6 Å². The molecule has 2 N–H and O–H groups in total. The summed E-state index contributed by atoms with van der Waals surface area (Å²) in [6.45, 7) is 3.99. The smallest absolute Gasteiger partial charge is 0.325 e. The summed E-state index contributed by atoms with van der Waals surface area (Å²) in [5.74, 6) is 0.177. The summed E-state index contributed by atoms with van der Waals surface area (Å²) < 4.78 is 0. The molecule has 1 aliphatic carbocycles. The number of carbonyl (C=O) groups excluding carboxylic acids is 2. The van der Waals surface area contributed by atoms with Crippen molar-refractivity contribution in [3.05, 3.63) is 0 Å². The Morgan fingerprint density at radius 2 is 2.00 bits per heavy atom. The van der Waals surface area contributed by atoms with Crippen LogP contribution in [-0.2, 0) is 9.59 Å². The molecule has 0 aromatic heterocycles. The van der Waals surface area contributed by atoms with Gasteiger partial charge < -0.3 is 15.3 Å². The number of hydrogen-bond acceptors (Lipinski definition) is 4. The highest BCUT2D eigenvalue weighted by atomic mass is 32.2. The van der Waals surface area contributed by atoms with Crippen molar-refractivity contribution < 1.29 is 19.5 Å². The van der Waals surface area contributed by atoms with Crippen molar-refractivity contribution in [2.45, 2.75) is 39.2 Å². The molecule has 1 aliphatic rings. The molecule has 7 heteroatoms. The van der Waals surface area contributed by atoms with Crippen molar-refractivity contribution in [2.75, 3.05) is 18.8 Å². The van der Waals surface area contributed by atoms with E-state index in [9.17, 15) is 14.4 Å². The molecule has 1 fully saturated rings. The number of carboxylic acid groups (broad SMARTS) is 1. The topological polar surface area (TPSA) is 86.7 Å². The Kier molecular flexibility index (Phi) is 6.84. The Morgan fingerprint density at radius 3 is 2.50 bits per heavy atom. The second-order valence-electron chi connectivity index (χ2n) is 5.07. The molecular weight excluding hydrogens is 280 g/mol. The van der Waals surface area contributed by atoms with E-state index in [1.807, 2.05) is 0 Å². The SMILES string of the molecule is CC(=O)SCCN(CCC1CC1)C(=O)NC(C)C(=O)O. The number of nitrogens with one attached hydrogen (secondary N) is 1. The Bertz CT molecular complexity index is 371. The first-order chi connectivity index (χ1) is 9.40. The average molecular weight is 302 g/mol. The molecule has 0 heterocycles. The van der Waals surface area contributed by atoms with Crippen LogP contribution in [0.5, 0.6) is 0 Å². The second kappa shape index (κ2) is 8.14. The molecule has 1 unspecified atom stereocenters. The predicted octanol–water partition coefficient (Wildman–Crippen LogP) is 1.55. The van der Waals surface area contributed by atoms with Gasteiger partial charge in [0.05, 0.1) is 0 Å². The first kappa shape index (κ1) is 16.8. The fourth-order valence-corrected chi connectivity index (χ4v) is 2.30. The number of carbonyl (C=O) groups is 3. The third-order valence-electron chi connectivity index (χ3n) is 3.17. The Labute approximate surface area is 123 Å². The maximum Gasteiger partial charge on any atom is 0.325 e. The van der Waals surface area contributed by atoms with Crippen molar-refractivity contribution >= 4 is 28.9 Å². The molecule has 114 valence electrons. The molecule has 2 amide bonds. The van der Waals surface area contributed by atoms with E-state index in [-0.39, 0.29) is 11.1 Å². The van der Waals surface area contributed by atoms with Crippen molar-refractivity contribution in [3.63, 3.8) is 0 Å². The number of thioether (sulfide) groups is 1. The van der Waals surface area contributed by atoms with E-state index in [0.29, 0.717) is 24.8 Å². The lowest BCUT2D eigenvalue weighted by molar-refractivity contribution is -0.138. The zero-order valence-corrected chi connectivity index (χ0v) is 12.7. The van der Waals surface area contributed by atoms with E-state index in [2.05, 4.69) is 5.32 Å². The van der Waals surface area contributed by atoms with Gasteiger partial charge in [0.2, 0.25) is 0 Å². The summed E-state index contributed by atoms with van der Waals surface area (Å²) in [6, 6.07) is -1.28. The van der Waals surface area contributed by atoms with Gasteiger partial charge in [-0.3, -0.25) is 9.59 Å². The summed E-state index contributed by atoms with van der Waals surface area (Å²) in [7, 11) is 0. The van der Waals surface area contributed by atoms with E-state index in [1.54, 1.807) is 4.90 Å². The monoisotopic (exact) mass is 302 g/mol. The largest absolute Gasteiger partial charge is 0.480 e. The molecule has 1 rings (SSSR count). The van der Waals surface area contributed by atoms with Gasteiger partial charge >= 0.3 is 12.0 Å². The highest BCUT2D eigenvalue weighted by Crippen LogP contribution is 2.32. The van der Waals surface area contributed by atoms with Crippen LogP contribution in [-0.4, -0.2) is 52.0 Å². The van der Waals surface area contributed by atoms with Crippen molar-refractivity contribution in [3.8, 4) is 0 Å². The Morgan fingerprint density at radius 1 is 1.35 bits per heavy atom. The lowest BCUT2D eigenvalue weighted by Crippen LogP contribution is -2.47. The van der Waals surface area contributed by atoms with E-state index >= 15 is 0 Å². The molecule has 0 saturated heterocycles. The van der Waals surface area contributed by atoms with E-state index in [4.69, 9.17) is 5.11 Å². The first-order valence-electron chi connectivity index (χ1n) is 6.81. The van der Waals surface area contributed by atoms with Crippen LogP contribution in [0.1, 0.15) is 33.1 Å². The average Bonchev–Trinajstić information content (AvgIpc) is 3.16. The lowest BCUT2D eigenvalue weighted by Gasteiger charge is -2.24. The molecule has 6 nitrogen and oxygen atoms in total. The maximum absolute atomic E-state index is 12.0. The van der Waals surface area contributed by atoms with Gasteiger partial charge in [0.25, 0.3) is 0 Å². The molecule has 0 bridgehead atoms. The number of nitrogens with zero attached hydrogens (tertiary/aromatic N) is 1. The molecule has 0 radical (unpaired) electrons. The highest BCUT2D eigenvalue weighted by Gasteiger charge is 2.24. The lowest BCUT2D eigenvalue weighted by atomic mass is 10.3. The van der Waals surface area contributed by atoms with Crippen LogP contribution in [0.15, 0.2) is 0 Å². The predicted molar refractivity (Wildman–Crippen MR) is 77.7 cm³/mol. The van der Waals surface area contributed by atoms with Gasteiger partial charge in [0.1, 0.15) is 6.04 Å². The van der Waals surface area contributed by atoms with Crippen LogP contribution in [0.3, 0.4) is 0 Å². The molecular formula is C13H22N2O4S. The standard InChI is InChI=1S/C13H22N2O4S/c1-9(12(17)18)14-13(19)15(6-5-11-3-4-11)7-8-20-10(2)16/h9,11H,3-8H2,1-2H3,(H,14,19)(H,17,18). The zero-order valence-electron chi connectivity index (χ0n) is 11.9. The number of rotatable bonds is 8. The molecule has 0 aromatic rings. The minimum Gasteiger partial charge on any atom is -0.480 e. The molecule has 1 atom stereocenters. The Balaban J connectivity index is 2.43. The Hall–Kier alpha value is -1.24. The number of hydrogen-bond donors (Lipinski definition) is 2. The fourth-order valence-electron chi connectivity index (χ4n) is 1.70. The molecule has 0 aliphatic heterocycles. The number of amides is 2. The molecule has 0 aromatic carbocycles. The third kappa shape index (κ3) is 6.79.